The van der Waals surface area contributed by atoms with Gasteiger partial charge in [0, 0.05) is 42.6 Å². The van der Waals surface area contributed by atoms with Gasteiger partial charge >= 0.3 is 0 Å². The van der Waals surface area contributed by atoms with Crippen LogP contribution in [0.4, 0.5) is 0 Å². The van der Waals surface area contributed by atoms with Gasteiger partial charge in [-0.1, -0.05) is 18.2 Å². The summed E-state index contributed by atoms with van der Waals surface area (Å²) in [6.45, 7) is 1.41. The zero-order valence-corrected chi connectivity index (χ0v) is 16.5. The molecule has 0 saturated carbocycles. The molecule has 0 spiro atoms. The average Bonchev–Trinajstić information content (AvgIpc) is 3.05. The molecule has 0 fully saturated rings. The molecule has 1 aliphatic rings. The molecule has 3 aromatic heterocycles. The first-order valence-corrected chi connectivity index (χ1v) is 10.9. The first-order chi connectivity index (χ1) is 14.1. The summed E-state index contributed by atoms with van der Waals surface area (Å²) >= 11 is 0. The Hall–Kier alpha value is -3.10. The fourth-order valence-electron chi connectivity index (χ4n) is 3.73. The van der Waals surface area contributed by atoms with Gasteiger partial charge in [0.15, 0.2) is 0 Å². The Morgan fingerprint density at radius 3 is 2.62 bits per heavy atom. The van der Waals surface area contributed by atoms with Gasteiger partial charge in [-0.05, 0) is 36.8 Å². The number of benzene rings is 1. The van der Waals surface area contributed by atoms with E-state index in [-0.39, 0.29) is 11.4 Å². The van der Waals surface area contributed by atoms with Crippen LogP contribution in [-0.2, 0) is 23.1 Å². The molecule has 0 bridgehead atoms. The van der Waals surface area contributed by atoms with Crippen LogP contribution in [0.25, 0.3) is 22.2 Å². The summed E-state index contributed by atoms with van der Waals surface area (Å²) in [5.74, 6) is 0. The van der Waals surface area contributed by atoms with Gasteiger partial charge in [0.1, 0.15) is 4.90 Å². The van der Waals surface area contributed by atoms with Gasteiger partial charge < -0.3 is 0 Å². The summed E-state index contributed by atoms with van der Waals surface area (Å²) in [6.07, 6.45) is 5.77. The first-order valence-electron chi connectivity index (χ1n) is 9.44. The van der Waals surface area contributed by atoms with Crippen molar-refractivity contribution in [3.8, 4) is 11.3 Å². The molecule has 0 radical (unpaired) electrons. The normalized spacial score (nSPS) is 15.2. The molecule has 1 aliphatic heterocycles. The number of rotatable bonds is 3. The molecule has 8 heteroatoms. The minimum Gasteiger partial charge on any atom is -0.268 e. The van der Waals surface area contributed by atoms with Crippen molar-refractivity contribution in [1.29, 1.82) is 0 Å². The topological polar surface area (TPSA) is 81.0 Å². The number of aryl methyl sites for hydroxylation is 1. The summed E-state index contributed by atoms with van der Waals surface area (Å²) < 4.78 is 30.4. The molecule has 0 N–H and O–H groups in total. The summed E-state index contributed by atoms with van der Waals surface area (Å²) in [7, 11) is -3.69. The number of fused-ring (bicyclic) bond motifs is 2. The van der Waals surface area contributed by atoms with E-state index in [0.29, 0.717) is 25.0 Å². The zero-order chi connectivity index (χ0) is 19.8. The largest absolute Gasteiger partial charge is 0.268 e. The highest BCUT2D eigenvalue weighted by molar-refractivity contribution is 7.89. The molecule has 0 saturated heterocycles. The number of sulfonamides is 1. The van der Waals surface area contributed by atoms with Crippen molar-refractivity contribution in [2.24, 2.45) is 0 Å². The fraction of sp³-hybridized carbons (Fsp3) is 0.190. The van der Waals surface area contributed by atoms with E-state index in [0.717, 1.165) is 22.3 Å². The molecule has 29 heavy (non-hydrogen) atoms. The fourth-order valence-corrected chi connectivity index (χ4v) is 5.34. The smallest absolute Gasteiger partial charge is 0.245 e. The molecule has 4 aromatic rings. The maximum Gasteiger partial charge on any atom is 0.245 e. The molecule has 146 valence electrons. The molecule has 0 aliphatic carbocycles. The van der Waals surface area contributed by atoms with Crippen molar-refractivity contribution in [3.05, 3.63) is 72.8 Å². The first kappa shape index (κ1) is 18.0. The monoisotopic (exact) mass is 405 g/mol. The van der Waals surface area contributed by atoms with Crippen LogP contribution in [0.1, 0.15) is 12.1 Å². The van der Waals surface area contributed by atoms with Crippen molar-refractivity contribution >= 4 is 20.9 Å². The quantitative estimate of drug-likeness (QED) is 0.523. The minimum absolute atomic E-state index is 0.248. The van der Waals surface area contributed by atoms with Crippen molar-refractivity contribution in [1.82, 2.24) is 24.1 Å². The summed E-state index contributed by atoms with van der Waals surface area (Å²) in [5.41, 5.74) is 3.18. The minimum atomic E-state index is -3.69. The highest BCUT2D eigenvalue weighted by Gasteiger charge is 2.29. The lowest BCUT2D eigenvalue weighted by atomic mass is 10.2. The van der Waals surface area contributed by atoms with Crippen LogP contribution in [0.5, 0.6) is 0 Å². The van der Waals surface area contributed by atoms with Gasteiger partial charge in [0.2, 0.25) is 10.0 Å². The van der Waals surface area contributed by atoms with Crippen LogP contribution in [0.15, 0.2) is 72.0 Å². The highest BCUT2D eigenvalue weighted by Crippen LogP contribution is 2.28. The van der Waals surface area contributed by atoms with Gasteiger partial charge in [-0.2, -0.15) is 9.40 Å². The van der Waals surface area contributed by atoms with E-state index in [1.165, 1.54) is 4.31 Å². The van der Waals surface area contributed by atoms with Gasteiger partial charge in [0.05, 0.1) is 23.4 Å². The lowest BCUT2D eigenvalue weighted by Gasteiger charge is -2.20. The molecular formula is C21H19N5O2S. The van der Waals surface area contributed by atoms with Crippen molar-refractivity contribution in [2.75, 3.05) is 6.54 Å². The van der Waals surface area contributed by atoms with Crippen molar-refractivity contribution < 1.29 is 8.42 Å². The predicted molar refractivity (Wildman–Crippen MR) is 109 cm³/mol. The Morgan fingerprint density at radius 1 is 0.931 bits per heavy atom. The predicted octanol–water partition coefficient (Wildman–Crippen LogP) is 3.09. The van der Waals surface area contributed by atoms with E-state index in [1.807, 2.05) is 41.1 Å². The van der Waals surface area contributed by atoms with E-state index >= 15 is 0 Å². The third-order valence-electron chi connectivity index (χ3n) is 5.17. The Kier molecular flexibility index (Phi) is 4.37. The zero-order valence-electron chi connectivity index (χ0n) is 15.6. The Balaban J connectivity index is 1.53. The lowest BCUT2D eigenvalue weighted by molar-refractivity contribution is 0.410. The van der Waals surface area contributed by atoms with Crippen LogP contribution >= 0.6 is 0 Å². The lowest BCUT2D eigenvalue weighted by Crippen LogP contribution is -2.31. The third kappa shape index (κ3) is 3.20. The molecule has 1 aromatic carbocycles. The molecule has 7 nitrogen and oxygen atoms in total. The van der Waals surface area contributed by atoms with Crippen LogP contribution < -0.4 is 0 Å². The second kappa shape index (κ2) is 7.06. The summed E-state index contributed by atoms with van der Waals surface area (Å²) in [4.78, 5) is 8.62. The average molecular weight is 405 g/mol. The Bertz CT molecular complexity index is 1280. The van der Waals surface area contributed by atoms with Gasteiger partial charge in [-0.3, -0.25) is 14.6 Å². The molecular weight excluding hydrogens is 386 g/mol. The molecule has 0 unspecified atom stereocenters. The number of pyridine rings is 2. The van der Waals surface area contributed by atoms with Gasteiger partial charge in [-0.25, -0.2) is 8.42 Å². The molecule has 0 atom stereocenters. The van der Waals surface area contributed by atoms with Gasteiger partial charge in [0.25, 0.3) is 0 Å². The summed E-state index contributed by atoms with van der Waals surface area (Å²) in [5, 5.41) is 5.49. The Morgan fingerprint density at radius 2 is 1.76 bits per heavy atom. The maximum absolute atomic E-state index is 13.5. The number of hydrogen-bond donors (Lipinski definition) is 0. The van der Waals surface area contributed by atoms with Crippen LogP contribution in [-0.4, -0.2) is 39.0 Å². The van der Waals surface area contributed by atoms with Gasteiger partial charge in [-0.15, -0.1) is 0 Å². The second-order valence-electron chi connectivity index (χ2n) is 7.00. The van der Waals surface area contributed by atoms with Crippen molar-refractivity contribution in [2.45, 2.75) is 24.4 Å². The number of aromatic nitrogens is 4. The van der Waals surface area contributed by atoms with E-state index in [1.54, 1.807) is 30.7 Å². The number of nitrogens with zero attached hydrogens (tertiary/aromatic N) is 5. The highest BCUT2D eigenvalue weighted by atomic mass is 32.2. The maximum atomic E-state index is 13.5. The SMILES string of the molecule is O=S(=O)(c1cccc2cccnc12)N1CCCn2nc(-c3ccncc3)cc2C1. The molecule has 4 heterocycles. The Labute approximate surface area is 168 Å². The standard InChI is InChI=1S/C21H19N5O2S/c27-29(28,20-6-1-4-17-5-2-9-23-21(17)20)25-12-3-13-26-18(15-25)14-19(24-26)16-7-10-22-11-8-16/h1-2,4-11,14H,3,12-13,15H2. The van der Waals surface area contributed by atoms with Crippen LogP contribution in [0.2, 0.25) is 0 Å². The van der Waals surface area contributed by atoms with E-state index < -0.39 is 10.0 Å². The van der Waals surface area contributed by atoms with Crippen LogP contribution in [0, 0.1) is 0 Å². The molecule has 0 amide bonds. The van der Waals surface area contributed by atoms with Crippen LogP contribution in [0.3, 0.4) is 0 Å². The molecule has 5 rings (SSSR count). The number of hydrogen-bond acceptors (Lipinski definition) is 5. The summed E-state index contributed by atoms with van der Waals surface area (Å²) in [6, 6.07) is 14.7. The number of para-hydroxylation sites is 1. The third-order valence-corrected chi connectivity index (χ3v) is 7.05. The van der Waals surface area contributed by atoms with Crippen molar-refractivity contribution in [3.63, 3.8) is 0 Å². The second-order valence-corrected chi connectivity index (χ2v) is 8.91. The van der Waals surface area contributed by atoms with E-state index in [2.05, 4.69) is 15.1 Å². The van der Waals surface area contributed by atoms with E-state index in [9.17, 15) is 8.42 Å². The van der Waals surface area contributed by atoms with E-state index in [4.69, 9.17) is 0 Å².